The average molecular weight is 278 g/mol. The van der Waals surface area contributed by atoms with Crippen molar-refractivity contribution in [3.05, 3.63) is 41.1 Å². The summed E-state index contributed by atoms with van der Waals surface area (Å²) < 4.78 is 11.0. The summed E-state index contributed by atoms with van der Waals surface area (Å²) in [7, 11) is 0. The number of aromatic nitrogens is 2. The molecule has 0 bridgehead atoms. The van der Waals surface area contributed by atoms with Gasteiger partial charge in [-0.1, -0.05) is 6.07 Å². The van der Waals surface area contributed by atoms with E-state index >= 15 is 0 Å². The molecule has 0 aliphatic rings. The molecule has 0 N–H and O–H groups in total. The zero-order valence-electron chi connectivity index (χ0n) is 11.5. The normalized spacial score (nSPS) is 10.7. The highest BCUT2D eigenvalue weighted by Crippen LogP contribution is 2.17. The van der Waals surface area contributed by atoms with Gasteiger partial charge in [0.1, 0.15) is 5.75 Å². The number of ether oxygens (including phenoxy) is 1. The van der Waals surface area contributed by atoms with Gasteiger partial charge in [0.25, 0.3) is 0 Å². The second kappa shape index (κ2) is 6.61. The molecule has 102 valence electrons. The first-order valence-electron chi connectivity index (χ1n) is 6.21. The van der Waals surface area contributed by atoms with Gasteiger partial charge in [0.15, 0.2) is 0 Å². The van der Waals surface area contributed by atoms with Gasteiger partial charge < -0.3 is 9.15 Å². The van der Waals surface area contributed by atoms with Crippen LogP contribution in [0.15, 0.2) is 22.6 Å². The summed E-state index contributed by atoms with van der Waals surface area (Å²) in [5.74, 6) is 3.86. The van der Waals surface area contributed by atoms with E-state index in [1.165, 1.54) is 11.1 Å². The summed E-state index contributed by atoms with van der Waals surface area (Å²) in [6, 6.07) is 6.25. The van der Waals surface area contributed by atoms with E-state index in [0.29, 0.717) is 18.4 Å². The summed E-state index contributed by atoms with van der Waals surface area (Å²) in [5, 5.41) is 7.74. The Morgan fingerprint density at radius 1 is 1.11 bits per heavy atom. The maximum absolute atomic E-state index is 5.72. The van der Waals surface area contributed by atoms with E-state index in [2.05, 4.69) is 42.2 Å². The molecule has 19 heavy (non-hydrogen) atoms. The molecule has 2 aromatic rings. The predicted molar refractivity (Wildman–Crippen MR) is 76.6 cm³/mol. The summed E-state index contributed by atoms with van der Waals surface area (Å²) in [4.78, 5) is 0. The Kier molecular flexibility index (Phi) is 4.85. The molecule has 0 saturated carbocycles. The largest absolute Gasteiger partial charge is 0.493 e. The fourth-order valence-electron chi connectivity index (χ4n) is 1.79. The highest BCUT2D eigenvalue weighted by molar-refractivity contribution is 7.98. The van der Waals surface area contributed by atoms with Crippen LogP contribution in [0.1, 0.15) is 22.9 Å². The maximum atomic E-state index is 5.72. The first-order valence-corrected chi connectivity index (χ1v) is 7.37. The quantitative estimate of drug-likeness (QED) is 0.759. The second-order valence-electron chi connectivity index (χ2n) is 4.44. The molecule has 4 nitrogen and oxygen atoms in total. The van der Waals surface area contributed by atoms with E-state index in [9.17, 15) is 0 Å². The first-order chi connectivity index (χ1) is 9.13. The molecule has 0 radical (unpaired) electrons. The lowest BCUT2D eigenvalue weighted by Gasteiger charge is -2.07. The molecule has 0 amide bonds. The second-order valence-corrected chi connectivity index (χ2v) is 5.54. The molecule has 1 heterocycles. The summed E-state index contributed by atoms with van der Waals surface area (Å²) in [5.41, 5.74) is 2.45. The standard InChI is InChI=1S/C14H18N2O2S/c1-10-6-11(2)8-13(7-10)17-4-5-19-9-14-16-15-12(3)18-14/h6-8H,4-5,9H2,1-3H3. The van der Waals surface area contributed by atoms with Gasteiger partial charge in [-0.05, 0) is 37.1 Å². The molecule has 1 aromatic heterocycles. The highest BCUT2D eigenvalue weighted by atomic mass is 32.2. The Morgan fingerprint density at radius 3 is 2.47 bits per heavy atom. The number of nitrogens with zero attached hydrogens (tertiary/aromatic N) is 2. The number of hydrogen-bond acceptors (Lipinski definition) is 5. The van der Waals surface area contributed by atoms with Gasteiger partial charge in [-0.15, -0.1) is 22.0 Å². The van der Waals surface area contributed by atoms with Gasteiger partial charge in [-0.3, -0.25) is 0 Å². The van der Waals surface area contributed by atoms with E-state index in [1.54, 1.807) is 18.7 Å². The predicted octanol–water partition coefficient (Wildman–Crippen LogP) is 3.31. The summed E-state index contributed by atoms with van der Waals surface area (Å²) in [6.45, 7) is 6.63. The minimum atomic E-state index is 0.613. The first kappa shape index (κ1) is 13.9. The van der Waals surface area contributed by atoms with Crippen molar-refractivity contribution in [2.75, 3.05) is 12.4 Å². The highest BCUT2D eigenvalue weighted by Gasteiger charge is 2.02. The Labute approximate surface area is 117 Å². The van der Waals surface area contributed by atoms with Crippen molar-refractivity contribution in [2.45, 2.75) is 26.5 Å². The lowest BCUT2D eigenvalue weighted by atomic mass is 10.1. The molecule has 0 aliphatic carbocycles. The average Bonchev–Trinajstić information content (AvgIpc) is 2.73. The fourth-order valence-corrected chi connectivity index (χ4v) is 2.43. The van der Waals surface area contributed by atoms with Gasteiger partial charge in [0, 0.05) is 12.7 Å². The number of benzene rings is 1. The van der Waals surface area contributed by atoms with Crippen molar-refractivity contribution in [1.29, 1.82) is 0 Å². The zero-order valence-corrected chi connectivity index (χ0v) is 12.3. The number of rotatable bonds is 6. The Morgan fingerprint density at radius 2 is 1.84 bits per heavy atom. The monoisotopic (exact) mass is 278 g/mol. The summed E-state index contributed by atoms with van der Waals surface area (Å²) >= 11 is 1.73. The van der Waals surface area contributed by atoms with Crippen LogP contribution in [0.25, 0.3) is 0 Å². The molecule has 0 fully saturated rings. The van der Waals surface area contributed by atoms with Gasteiger partial charge in [-0.2, -0.15) is 0 Å². The van der Waals surface area contributed by atoms with Crippen LogP contribution >= 0.6 is 11.8 Å². The van der Waals surface area contributed by atoms with Crippen LogP contribution < -0.4 is 4.74 Å². The third-order valence-electron chi connectivity index (χ3n) is 2.49. The Bertz CT molecular complexity index is 520. The molecule has 5 heteroatoms. The third kappa shape index (κ3) is 4.59. The molecule has 0 aliphatic heterocycles. The number of thioether (sulfide) groups is 1. The minimum Gasteiger partial charge on any atom is -0.493 e. The third-order valence-corrected chi connectivity index (χ3v) is 3.39. The molecular formula is C14H18N2O2S. The van der Waals surface area contributed by atoms with Crippen LogP contribution in [0.5, 0.6) is 5.75 Å². The topological polar surface area (TPSA) is 48.2 Å². The molecule has 0 spiro atoms. The van der Waals surface area contributed by atoms with Crippen LogP contribution in [0, 0.1) is 20.8 Å². The smallest absolute Gasteiger partial charge is 0.226 e. The number of aryl methyl sites for hydroxylation is 3. The van der Waals surface area contributed by atoms with Crippen LogP contribution in [-0.4, -0.2) is 22.6 Å². The van der Waals surface area contributed by atoms with E-state index in [-0.39, 0.29) is 0 Å². The van der Waals surface area contributed by atoms with Crippen molar-refractivity contribution in [3.8, 4) is 5.75 Å². The van der Waals surface area contributed by atoms with Crippen molar-refractivity contribution in [2.24, 2.45) is 0 Å². The van der Waals surface area contributed by atoms with Gasteiger partial charge in [0.2, 0.25) is 11.8 Å². The molecular weight excluding hydrogens is 260 g/mol. The van der Waals surface area contributed by atoms with Gasteiger partial charge in [-0.25, -0.2) is 0 Å². The molecule has 0 atom stereocenters. The van der Waals surface area contributed by atoms with Gasteiger partial charge in [0.05, 0.1) is 12.4 Å². The molecule has 1 aromatic carbocycles. The molecule has 0 unspecified atom stereocenters. The van der Waals surface area contributed by atoms with E-state index < -0.39 is 0 Å². The van der Waals surface area contributed by atoms with E-state index in [4.69, 9.17) is 9.15 Å². The molecule has 2 rings (SSSR count). The van der Waals surface area contributed by atoms with Crippen molar-refractivity contribution < 1.29 is 9.15 Å². The van der Waals surface area contributed by atoms with E-state index in [1.807, 2.05) is 0 Å². The lowest BCUT2D eigenvalue weighted by molar-refractivity contribution is 0.343. The minimum absolute atomic E-state index is 0.613. The maximum Gasteiger partial charge on any atom is 0.226 e. The zero-order chi connectivity index (χ0) is 13.7. The lowest BCUT2D eigenvalue weighted by Crippen LogP contribution is -2.01. The van der Waals surface area contributed by atoms with E-state index in [0.717, 1.165) is 17.3 Å². The van der Waals surface area contributed by atoms with Crippen molar-refractivity contribution >= 4 is 11.8 Å². The van der Waals surface area contributed by atoms with Crippen molar-refractivity contribution in [3.63, 3.8) is 0 Å². The summed E-state index contributed by atoms with van der Waals surface area (Å²) in [6.07, 6.45) is 0. The Balaban J connectivity index is 1.69. The van der Waals surface area contributed by atoms with Gasteiger partial charge >= 0.3 is 0 Å². The SMILES string of the molecule is Cc1cc(C)cc(OCCSCc2nnc(C)o2)c1. The van der Waals surface area contributed by atoms with Crippen LogP contribution in [0.2, 0.25) is 0 Å². The number of hydrogen-bond donors (Lipinski definition) is 0. The van der Waals surface area contributed by atoms with Crippen LogP contribution in [0.3, 0.4) is 0 Å². The molecule has 0 saturated heterocycles. The van der Waals surface area contributed by atoms with Crippen molar-refractivity contribution in [1.82, 2.24) is 10.2 Å². The van der Waals surface area contributed by atoms with Crippen LogP contribution in [-0.2, 0) is 5.75 Å². The van der Waals surface area contributed by atoms with Crippen LogP contribution in [0.4, 0.5) is 0 Å². The Hall–Kier alpha value is -1.49. The fraction of sp³-hybridized carbons (Fsp3) is 0.429.